The van der Waals surface area contributed by atoms with E-state index in [1.807, 2.05) is 121 Å². The first-order valence-electron chi connectivity index (χ1n) is 17.0. The lowest BCUT2D eigenvalue weighted by Gasteiger charge is -2.12. The molecule has 242 valence electrons. The van der Waals surface area contributed by atoms with Crippen LogP contribution in [0.3, 0.4) is 0 Å². The highest BCUT2D eigenvalue weighted by Gasteiger charge is 2.29. The Kier molecular flexibility index (Phi) is 7.47. The summed E-state index contributed by atoms with van der Waals surface area (Å²) in [5.41, 5.74) is 11.5. The van der Waals surface area contributed by atoms with Crippen LogP contribution in [0.5, 0.6) is 0 Å². The number of nitrogens with one attached hydrogen (secondary N) is 2. The maximum absolute atomic E-state index is 11.0. The lowest BCUT2D eigenvalue weighted by atomic mass is 9.90. The molecule has 0 radical (unpaired) electrons. The quantitative estimate of drug-likeness (QED) is 0.201. The number of hydrogen-bond acceptors (Lipinski definition) is 4. The van der Waals surface area contributed by atoms with Gasteiger partial charge in [-0.3, -0.25) is 0 Å². The molecule has 2 aromatic heterocycles. The van der Waals surface area contributed by atoms with Crippen LogP contribution in [0.25, 0.3) is 22.3 Å². The van der Waals surface area contributed by atoms with Crippen LogP contribution in [0, 0.1) is 22.7 Å². The molecule has 3 aliphatic heterocycles. The Morgan fingerprint density at radius 2 is 0.846 bits per heavy atom. The molecule has 0 unspecified atom stereocenters. The highest BCUT2D eigenvalue weighted by atomic mass is 14.8. The normalized spacial score (nSPS) is 14.7. The van der Waals surface area contributed by atoms with E-state index in [2.05, 4.69) is 58.5 Å². The number of fused-ring (bicyclic) bond motifs is 6. The lowest BCUT2D eigenvalue weighted by molar-refractivity contribution is 1.25. The van der Waals surface area contributed by atoms with Gasteiger partial charge in [-0.15, -0.1) is 0 Å². The molecule has 0 aliphatic carbocycles. The van der Waals surface area contributed by atoms with Gasteiger partial charge in [0.25, 0.3) is 0 Å². The Bertz CT molecular complexity index is 2810. The zero-order valence-electron chi connectivity index (χ0n) is 27.8. The summed E-state index contributed by atoms with van der Waals surface area (Å²) >= 11 is 0. The van der Waals surface area contributed by atoms with Crippen LogP contribution in [-0.4, -0.2) is 21.4 Å². The van der Waals surface area contributed by atoms with E-state index in [1.165, 1.54) is 0 Å². The van der Waals surface area contributed by atoms with Crippen LogP contribution in [0.2, 0.25) is 0 Å². The number of nitriles is 2. The first-order chi connectivity index (χ1) is 25.7. The zero-order valence-corrected chi connectivity index (χ0v) is 27.8. The molecule has 6 aromatic rings. The number of rotatable bonds is 4. The van der Waals surface area contributed by atoms with E-state index >= 15 is 0 Å². The van der Waals surface area contributed by atoms with Crippen molar-refractivity contribution in [3.63, 3.8) is 0 Å². The van der Waals surface area contributed by atoms with Gasteiger partial charge in [-0.2, -0.15) is 10.5 Å². The molecule has 6 nitrogen and oxygen atoms in total. The van der Waals surface area contributed by atoms with E-state index in [4.69, 9.17) is 9.98 Å². The molecule has 0 spiro atoms. The highest BCUT2D eigenvalue weighted by Crippen LogP contribution is 2.41. The number of benzene rings is 4. The van der Waals surface area contributed by atoms with Crippen LogP contribution in [0.1, 0.15) is 44.8 Å². The van der Waals surface area contributed by atoms with Gasteiger partial charge in [0, 0.05) is 38.6 Å². The molecule has 0 atom stereocenters. The highest BCUT2D eigenvalue weighted by molar-refractivity contribution is 6.31. The Morgan fingerprint density at radius 1 is 0.423 bits per heavy atom. The van der Waals surface area contributed by atoms with E-state index in [0.717, 1.165) is 61.1 Å². The van der Waals surface area contributed by atoms with E-state index in [0.29, 0.717) is 33.8 Å². The SMILES string of the molecule is N#Cc1[nH]c2c(C#N)c1C(c1ccccc1)=C1C=CC(=N1)C(c1ccccc1)=c1ccc([nH]1)=C(c1ccccc1)C1=NC(=C2c2ccccc2)C=C1. The van der Waals surface area contributed by atoms with Crippen LogP contribution in [0.4, 0.5) is 0 Å². The summed E-state index contributed by atoms with van der Waals surface area (Å²) in [4.78, 5) is 17.7. The van der Waals surface area contributed by atoms with Crippen molar-refractivity contribution in [3.05, 3.63) is 225 Å². The fourth-order valence-electron chi connectivity index (χ4n) is 7.24. The van der Waals surface area contributed by atoms with E-state index < -0.39 is 0 Å². The molecule has 6 heteroatoms. The van der Waals surface area contributed by atoms with Crippen LogP contribution in [0.15, 0.2) is 179 Å². The molecule has 0 saturated heterocycles. The van der Waals surface area contributed by atoms with E-state index in [9.17, 15) is 10.5 Å². The number of aromatic amines is 2. The molecule has 0 amide bonds. The van der Waals surface area contributed by atoms with Crippen molar-refractivity contribution in [1.82, 2.24) is 9.97 Å². The second-order valence-electron chi connectivity index (χ2n) is 12.5. The monoisotopic (exact) mass is 664 g/mol. The summed E-state index contributed by atoms with van der Waals surface area (Å²) < 4.78 is 0. The maximum atomic E-state index is 11.0. The van der Waals surface area contributed by atoms with Crippen molar-refractivity contribution in [3.8, 4) is 12.1 Å². The third kappa shape index (κ3) is 5.11. The van der Waals surface area contributed by atoms with Crippen molar-refractivity contribution in [2.45, 2.75) is 0 Å². The Balaban J connectivity index is 1.49. The first kappa shape index (κ1) is 30.5. The molecule has 2 N–H and O–H groups in total. The Hall–Kier alpha value is -7.54. The van der Waals surface area contributed by atoms with Gasteiger partial charge in [-0.1, -0.05) is 121 Å². The largest absolute Gasteiger partial charge is 0.354 e. The average Bonchev–Trinajstić information content (AvgIpc) is 4.03. The smallest absolute Gasteiger partial charge is 0.127 e. The van der Waals surface area contributed by atoms with Gasteiger partial charge >= 0.3 is 0 Å². The minimum atomic E-state index is 0.275. The molecule has 5 heterocycles. The van der Waals surface area contributed by atoms with Crippen LogP contribution < -0.4 is 10.7 Å². The summed E-state index contributed by atoms with van der Waals surface area (Å²) in [6.45, 7) is 0. The molecule has 8 bridgehead atoms. The molecule has 0 saturated carbocycles. The zero-order chi connectivity index (χ0) is 35.0. The van der Waals surface area contributed by atoms with Crippen LogP contribution >= 0.6 is 0 Å². The third-order valence-corrected chi connectivity index (χ3v) is 9.50. The van der Waals surface area contributed by atoms with Crippen molar-refractivity contribution < 1.29 is 0 Å². The average molecular weight is 665 g/mol. The number of aliphatic imine (C=N–C) groups is 2. The second kappa shape index (κ2) is 12.7. The van der Waals surface area contributed by atoms with Crippen molar-refractivity contribution in [1.29, 1.82) is 10.5 Å². The predicted octanol–water partition coefficient (Wildman–Crippen LogP) is 7.74. The summed E-state index contributed by atoms with van der Waals surface area (Å²) in [6.07, 6.45) is 8.00. The molecule has 0 fully saturated rings. The summed E-state index contributed by atoms with van der Waals surface area (Å²) in [5, 5.41) is 23.5. The molecule has 52 heavy (non-hydrogen) atoms. The first-order valence-corrected chi connectivity index (χ1v) is 17.0. The number of hydrogen-bond donors (Lipinski definition) is 2. The second-order valence-corrected chi connectivity index (χ2v) is 12.5. The van der Waals surface area contributed by atoms with E-state index in [-0.39, 0.29) is 5.69 Å². The summed E-state index contributed by atoms with van der Waals surface area (Å²) in [5.74, 6) is 0. The molecular formula is C46H28N6. The summed E-state index contributed by atoms with van der Waals surface area (Å²) in [6, 6.07) is 49.3. The molecule has 4 aromatic carbocycles. The fraction of sp³-hybridized carbons (Fsp3) is 0. The van der Waals surface area contributed by atoms with Gasteiger partial charge in [-0.25, -0.2) is 9.98 Å². The summed E-state index contributed by atoms with van der Waals surface area (Å²) in [7, 11) is 0. The fourth-order valence-corrected chi connectivity index (χ4v) is 7.24. The van der Waals surface area contributed by atoms with Gasteiger partial charge < -0.3 is 9.97 Å². The van der Waals surface area contributed by atoms with Crippen molar-refractivity contribution in [2.75, 3.05) is 0 Å². The van der Waals surface area contributed by atoms with Gasteiger partial charge in [0.05, 0.1) is 34.1 Å². The number of aromatic nitrogens is 2. The molecular weight excluding hydrogens is 637 g/mol. The van der Waals surface area contributed by atoms with Crippen molar-refractivity contribution >= 4 is 33.7 Å². The van der Waals surface area contributed by atoms with E-state index in [1.54, 1.807) is 0 Å². The predicted molar refractivity (Wildman–Crippen MR) is 206 cm³/mol. The minimum absolute atomic E-state index is 0.275. The number of allylic oxidation sites excluding steroid dienone is 4. The van der Waals surface area contributed by atoms with Crippen molar-refractivity contribution in [2.24, 2.45) is 9.98 Å². The topological polar surface area (TPSA) is 104 Å². The molecule has 3 aliphatic rings. The number of H-pyrrole nitrogens is 2. The Morgan fingerprint density at radius 3 is 1.29 bits per heavy atom. The lowest BCUT2D eigenvalue weighted by Crippen LogP contribution is -2.21. The third-order valence-electron chi connectivity index (χ3n) is 9.50. The Labute approximate surface area is 300 Å². The molecule has 9 rings (SSSR count). The van der Waals surface area contributed by atoms with Gasteiger partial charge in [0.15, 0.2) is 0 Å². The standard InChI is InChI=1S/C46H28N6/c47-27-33-45-40(28-48)52-46(33)44(32-19-11-4-12-20-32)39-26-24-37(51-39)42(30-15-7-2-8-16-30)35-22-21-34(49-35)41(29-13-5-1-6-14-29)36-23-25-38(50-36)43(45)31-17-9-3-10-18-31/h1-26,49,52H. The van der Waals surface area contributed by atoms with Gasteiger partial charge in [0.2, 0.25) is 0 Å². The maximum Gasteiger partial charge on any atom is 0.127 e. The van der Waals surface area contributed by atoms with Crippen LogP contribution in [-0.2, 0) is 0 Å². The minimum Gasteiger partial charge on any atom is -0.354 e. The number of nitrogens with zero attached hydrogens (tertiary/aromatic N) is 4. The van der Waals surface area contributed by atoms with Gasteiger partial charge in [0.1, 0.15) is 17.8 Å². The van der Waals surface area contributed by atoms with Gasteiger partial charge in [-0.05, 0) is 58.7 Å².